The van der Waals surface area contributed by atoms with Gasteiger partial charge in [0.15, 0.2) is 4.80 Å². The SMILES string of the molecule is C=CCOC(=O)C1=C(C)N=c2s/c(=C/c3cccc([N+](=O)[O-])c3)c(=O)n2[C@@H]1c1ccc(OC(C)=O)cc1. The van der Waals surface area contributed by atoms with Crippen molar-refractivity contribution in [2.75, 3.05) is 6.61 Å². The fourth-order valence-electron chi connectivity index (χ4n) is 3.87. The van der Waals surface area contributed by atoms with E-state index in [1.165, 1.54) is 35.8 Å². The van der Waals surface area contributed by atoms with Crippen molar-refractivity contribution in [3.8, 4) is 5.75 Å². The minimum Gasteiger partial charge on any atom is -0.458 e. The molecule has 1 aliphatic rings. The van der Waals surface area contributed by atoms with Crippen LogP contribution in [0.4, 0.5) is 5.69 Å². The Morgan fingerprint density at radius 2 is 1.97 bits per heavy atom. The summed E-state index contributed by atoms with van der Waals surface area (Å²) >= 11 is 1.10. The molecule has 3 aromatic rings. The van der Waals surface area contributed by atoms with Crippen LogP contribution >= 0.6 is 11.3 Å². The number of aromatic nitrogens is 1. The van der Waals surface area contributed by atoms with E-state index in [1.54, 1.807) is 43.3 Å². The molecule has 11 heteroatoms. The first-order chi connectivity index (χ1) is 17.7. The average molecular weight is 520 g/mol. The average Bonchev–Trinajstić information content (AvgIpc) is 3.16. The summed E-state index contributed by atoms with van der Waals surface area (Å²) in [5.74, 6) is -0.819. The summed E-state index contributed by atoms with van der Waals surface area (Å²) in [6.45, 7) is 6.48. The lowest BCUT2D eigenvalue weighted by Gasteiger charge is -2.24. The number of non-ortho nitro benzene ring substituents is 1. The third-order valence-corrected chi connectivity index (χ3v) is 6.39. The lowest BCUT2D eigenvalue weighted by atomic mass is 9.96. The van der Waals surface area contributed by atoms with Crippen LogP contribution in [0.3, 0.4) is 0 Å². The Hall–Kier alpha value is -4.64. The number of benzene rings is 2. The maximum atomic E-state index is 13.6. The maximum Gasteiger partial charge on any atom is 0.338 e. The van der Waals surface area contributed by atoms with E-state index >= 15 is 0 Å². The normalized spacial score (nSPS) is 15.0. The van der Waals surface area contributed by atoms with Gasteiger partial charge in [-0.3, -0.25) is 24.3 Å². The third-order valence-electron chi connectivity index (χ3n) is 5.41. The largest absolute Gasteiger partial charge is 0.458 e. The minimum absolute atomic E-state index is 0.0229. The van der Waals surface area contributed by atoms with E-state index in [4.69, 9.17) is 9.47 Å². The zero-order chi connectivity index (χ0) is 26.7. The van der Waals surface area contributed by atoms with Crippen molar-refractivity contribution in [3.05, 3.63) is 113 Å². The van der Waals surface area contributed by atoms with E-state index < -0.39 is 28.5 Å². The van der Waals surface area contributed by atoms with Crippen LogP contribution in [0.5, 0.6) is 5.75 Å². The molecule has 0 amide bonds. The van der Waals surface area contributed by atoms with E-state index in [2.05, 4.69) is 11.6 Å². The Bertz CT molecular complexity index is 1630. The highest BCUT2D eigenvalue weighted by atomic mass is 32.1. The maximum absolute atomic E-state index is 13.6. The quantitative estimate of drug-likeness (QED) is 0.154. The number of fused-ring (bicyclic) bond motifs is 1. The fraction of sp³-hybridized carbons (Fsp3) is 0.154. The minimum atomic E-state index is -0.868. The molecule has 0 saturated carbocycles. The first-order valence-corrected chi connectivity index (χ1v) is 11.8. The summed E-state index contributed by atoms with van der Waals surface area (Å²) in [6, 6.07) is 11.5. The molecule has 1 aromatic heterocycles. The smallest absolute Gasteiger partial charge is 0.338 e. The van der Waals surface area contributed by atoms with E-state index in [-0.39, 0.29) is 22.4 Å². The van der Waals surface area contributed by atoms with Gasteiger partial charge in [0.1, 0.15) is 12.4 Å². The second-order valence-corrected chi connectivity index (χ2v) is 8.99. The number of carbonyl (C=O) groups is 2. The molecule has 0 radical (unpaired) electrons. The fourth-order valence-corrected chi connectivity index (χ4v) is 4.92. The van der Waals surface area contributed by atoms with Crippen LogP contribution in [0, 0.1) is 10.1 Å². The van der Waals surface area contributed by atoms with Crippen molar-refractivity contribution >= 4 is 35.0 Å². The molecule has 188 valence electrons. The molecule has 0 saturated heterocycles. The van der Waals surface area contributed by atoms with Gasteiger partial charge < -0.3 is 9.47 Å². The highest BCUT2D eigenvalue weighted by Crippen LogP contribution is 2.31. The van der Waals surface area contributed by atoms with Crippen molar-refractivity contribution in [2.45, 2.75) is 19.9 Å². The van der Waals surface area contributed by atoms with Crippen molar-refractivity contribution < 1.29 is 24.0 Å². The van der Waals surface area contributed by atoms with E-state index in [1.807, 2.05) is 0 Å². The standard InChI is InChI=1S/C26H21N3O7S/c1-4-12-35-25(32)22-15(2)27-26-28(23(22)18-8-10-20(11-9-18)36-16(3)30)24(31)21(37-26)14-17-6-5-7-19(13-17)29(33)34/h4-11,13-14,23H,1,12H2,2-3H3/b21-14+/t23-/m1/s1. The zero-order valence-electron chi connectivity index (χ0n) is 19.9. The van der Waals surface area contributed by atoms with E-state index in [9.17, 15) is 24.5 Å². The van der Waals surface area contributed by atoms with Gasteiger partial charge >= 0.3 is 11.9 Å². The summed E-state index contributed by atoms with van der Waals surface area (Å²) in [6.07, 6.45) is 2.98. The highest BCUT2D eigenvalue weighted by molar-refractivity contribution is 7.07. The molecule has 2 aromatic carbocycles. The number of nitro groups is 1. The predicted molar refractivity (Wildman–Crippen MR) is 136 cm³/mol. The van der Waals surface area contributed by atoms with E-state index in [0.717, 1.165) is 11.3 Å². The van der Waals surface area contributed by atoms with Gasteiger partial charge in [0, 0.05) is 19.1 Å². The summed E-state index contributed by atoms with van der Waals surface area (Å²) in [5, 5.41) is 11.2. The molecule has 37 heavy (non-hydrogen) atoms. The predicted octanol–water partition coefficient (Wildman–Crippen LogP) is 2.80. The molecule has 0 N–H and O–H groups in total. The first-order valence-electron chi connectivity index (χ1n) is 11.0. The van der Waals surface area contributed by atoms with Gasteiger partial charge in [-0.1, -0.05) is 48.3 Å². The molecule has 0 unspecified atom stereocenters. The van der Waals surface area contributed by atoms with Crippen LogP contribution in [0.15, 0.2) is 82.2 Å². The second-order valence-electron chi connectivity index (χ2n) is 7.98. The molecule has 0 aliphatic carbocycles. The van der Waals surface area contributed by atoms with Crippen LogP contribution in [0.1, 0.15) is 31.0 Å². The Kier molecular flexibility index (Phi) is 7.25. The second kappa shape index (κ2) is 10.5. The van der Waals surface area contributed by atoms with Gasteiger partial charge in [-0.2, -0.15) is 0 Å². The number of nitrogens with zero attached hydrogens (tertiary/aromatic N) is 3. The van der Waals surface area contributed by atoms with E-state index in [0.29, 0.717) is 27.4 Å². The van der Waals surface area contributed by atoms with Gasteiger partial charge in [-0.05, 0) is 36.3 Å². The summed E-state index contributed by atoms with van der Waals surface area (Å²) < 4.78 is 12.1. The summed E-state index contributed by atoms with van der Waals surface area (Å²) in [5.41, 5.74) is 1.07. The number of esters is 2. The first kappa shape index (κ1) is 25.5. The number of carbonyl (C=O) groups excluding carboxylic acids is 2. The Balaban J connectivity index is 1.89. The molecule has 0 fully saturated rings. The summed E-state index contributed by atoms with van der Waals surface area (Å²) in [4.78, 5) is 53.5. The summed E-state index contributed by atoms with van der Waals surface area (Å²) in [7, 11) is 0. The number of hydrogen-bond donors (Lipinski definition) is 0. The number of rotatable bonds is 7. The van der Waals surface area contributed by atoms with Gasteiger partial charge in [0.2, 0.25) is 0 Å². The number of nitro benzene ring substituents is 1. The molecular weight excluding hydrogens is 498 g/mol. The van der Waals surface area contributed by atoms with Crippen molar-refractivity contribution in [1.82, 2.24) is 4.57 Å². The Morgan fingerprint density at radius 1 is 1.24 bits per heavy atom. The van der Waals surface area contributed by atoms with Gasteiger partial charge in [0.05, 0.1) is 26.8 Å². The lowest BCUT2D eigenvalue weighted by molar-refractivity contribution is -0.384. The van der Waals surface area contributed by atoms with Crippen LogP contribution in [0.2, 0.25) is 0 Å². The number of thiazole rings is 1. The monoisotopic (exact) mass is 519 g/mol. The third kappa shape index (κ3) is 5.31. The van der Waals surface area contributed by atoms with Gasteiger partial charge in [-0.15, -0.1) is 0 Å². The number of ether oxygens (including phenoxy) is 2. The number of hydrogen-bond acceptors (Lipinski definition) is 9. The molecule has 0 bridgehead atoms. The van der Waals surface area contributed by atoms with Crippen LogP contribution in [-0.2, 0) is 14.3 Å². The van der Waals surface area contributed by atoms with Crippen LogP contribution in [0.25, 0.3) is 6.08 Å². The molecule has 10 nitrogen and oxygen atoms in total. The molecule has 2 heterocycles. The molecule has 0 spiro atoms. The van der Waals surface area contributed by atoms with Crippen molar-refractivity contribution in [3.63, 3.8) is 0 Å². The van der Waals surface area contributed by atoms with Crippen LogP contribution in [-0.4, -0.2) is 28.0 Å². The number of allylic oxidation sites excluding steroid dienone is 1. The topological polar surface area (TPSA) is 130 Å². The lowest BCUT2D eigenvalue weighted by Crippen LogP contribution is -2.39. The molecule has 4 rings (SSSR count). The van der Waals surface area contributed by atoms with Crippen molar-refractivity contribution in [1.29, 1.82) is 0 Å². The van der Waals surface area contributed by atoms with Gasteiger partial charge in [0.25, 0.3) is 11.2 Å². The van der Waals surface area contributed by atoms with Crippen molar-refractivity contribution in [2.24, 2.45) is 4.99 Å². The Morgan fingerprint density at radius 3 is 2.62 bits per heavy atom. The van der Waals surface area contributed by atoms with Gasteiger partial charge in [-0.25, -0.2) is 9.79 Å². The highest BCUT2D eigenvalue weighted by Gasteiger charge is 2.33. The molecular formula is C26H21N3O7S. The molecule has 1 aliphatic heterocycles. The zero-order valence-corrected chi connectivity index (χ0v) is 20.7. The molecule has 1 atom stereocenters. The van der Waals surface area contributed by atoms with Crippen LogP contribution < -0.4 is 19.6 Å². The Labute approximate surface area is 214 Å².